The monoisotopic (exact) mass is 492 g/mol. The molecule has 1 N–H and O–H groups in total. The van der Waals surface area contributed by atoms with Gasteiger partial charge in [-0.1, -0.05) is 10.3 Å². The van der Waals surface area contributed by atoms with Crippen LogP contribution in [0.3, 0.4) is 0 Å². The molecule has 0 unspecified atom stereocenters. The van der Waals surface area contributed by atoms with Crippen molar-refractivity contribution in [1.82, 2.24) is 15.6 Å². The minimum atomic E-state index is -0.820. The van der Waals surface area contributed by atoms with E-state index >= 15 is 0 Å². The molecule has 1 fully saturated rings. The first-order valence-corrected chi connectivity index (χ1v) is 11.6. The number of aryl methyl sites for hydroxylation is 3. The minimum absolute atomic E-state index is 0.113. The Morgan fingerprint density at radius 2 is 1.78 bits per heavy atom. The molecule has 2 aromatic heterocycles. The topological polar surface area (TPSA) is 145 Å². The van der Waals surface area contributed by atoms with Crippen LogP contribution in [0.5, 0.6) is 0 Å². The Balaban J connectivity index is 1.27. The molecule has 0 radical (unpaired) electrons. The molecular weight excluding hydrogens is 468 g/mol. The number of ketones is 2. The van der Waals surface area contributed by atoms with Crippen LogP contribution in [-0.4, -0.2) is 53.1 Å². The van der Waals surface area contributed by atoms with Crippen molar-refractivity contribution in [2.75, 3.05) is 18.0 Å². The molecule has 2 amide bonds. The Morgan fingerprint density at radius 3 is 2.47 bits per heavy atom. The van der Waals surface area contributed by atoms with E-state index in [1.807, 2.05) is 0 Å². The third-order valence-corrected chi connectivity index (χ3v) is 6.34. The number of benzene rings is 1. The molecule has 5 rings (SSSR count). The molecular formula is C25H24N4O7. The molecule has 0 bridgehead atoms. The smallest absolute Gasteiger partial charge is 0.414 e. The van der Waals surface area contributed by atoms with Gasteiger partial charge in [-0.2, -0.15) is 0 Å². The average Bonchev–Trinajstić information content (AvgIpc) is 3.56. The summed E-state index contributed by atoms with van der Waals surface area (Å²) in [6.07, 6.45) is 0.543. The van der Waals surface area contributed by atoms with Crippen LogP contribution < -0.4 is 10.2 Å². The number of nitrogens with zero attached hydrogens (tertiary/aromatic N) is 3. The Hall–Kier alpha value is -4.28. The quantitative estimate of drug-likeness (QED) is 0.312. The molecule has 2 aliphatic rings. The lowest BCUT2D eigenvalue weighted by molar-refractivity contribution is 0.0795. The van der Waals surface area contributed by atoms with Gasteiger partial charge in [0.2, 0.25) is 0 Å². The average molecular weight is 492 g/mol. The van der Waals surface area contributed by atoms with Crippen LogP contribution in [-0.2, 0) is 11.2 Å². The van der Waals surface area contributed by atoms with E-state index in [0.29, 0.717) is 42.0 Å². The van der Waals surface area contributed by atoms with E-state index in [1.165, 1.54) is 17.0 Å². The van der Waals surface area contributed by atoms with Gasteiger partial charge in [0.05, 0.1) is 19.0 Å². The predicted octanol–water partition coefficient (Wildman–Crippen LogP) is 3.05. The zero-order valence-corrected chi connectivity index (χ0v) is 19.8. The Morgan fingerprint density at radius 1 is 1.06 bits per heavy atom. The van der Waals surface area contributed by atoms with E-state index in [-0.39, 0.29) is 36.0 Å². The van der Waals surface area contributed by atoms with Gasteiger partial charge in [-0.05, 0) is 56.9 Å². The first kappa shape index (κ1) is 23.5. The van der Waals surface area contributed by atoms with Gasteiger partial charge in [0.15, 0.2) is 23.0 Å². The molecule has 186 valence electrons. The van der Waals surface area contributed by atoms with Crippen molar-refractivity contribution in [3.05, 3.63) is 64.4 Å². The number of aromatic nitrogens is 2. The van der Waals surface area contributed by atoms with Crippen LogP contribution in [0, 0.1) is 19.8 Å². The number of hydrogen-bond donors (Lipinski definition) is 1. The molecule has 1 aliphatic carbocycles. The number of carbonyl (C=O) groups is 4. The van der Waals surface area contributed by atoms with Crippen LogP contribution >= 0.6 is 0 Å². The van der Waals surface area contributed by atoms with Gasteiger partial charge < -0.3 is 19.1 Å². The van der Waals surface area contributed by atoms with Crippen molar-refractivity contribution in [3.63, 3.8) is 0 Å². The normalized spacial score (nSPS) is 19.6. The predicted molar refractivity (Wildman–Crippen MR) is 124 cm³/mol. The van der Waals surface area contributed by atoms with Crippen LogP contribution in [0.15, 0.2) is 39.4 Å². The number of nitrogens with one attached hydrogen (secondary N) is 1. The van der Waals surface area contributed by atoms with E-state index in [2.05, 4.69) is 15.6 Å². The maximum absolute atomic E-state index is 13.2. The summed E-state index contributed by atoms with van der Waals surface area (Å²) in [5, 5.41) is 10.1. The number of amides is 2. The molecule has 3 heterocycles. The number of hydrogen-bond acceptors (Lipinski definition) is 9. The summed E-state index contributed by atoms with van der Waals surface area (Å²) in [6.45, 7) is 3.72. The van der Waals surface area contributed by atoms with Crippen molar-refractivity contribution in [1.29, 1.82) is 0 Å². The number of anilines is 1. The Bertz CT molecular complexity index is 1360. The van der Waals surface area contributed by atoms with Gasteiger partial charge in [0.1, 0.15) is 17.6 Å². The highest BCUT2D eigenvalue weighted by Crippen LogP contribution is 2.31. The maximum Gasteiger partial charge on any atom is 0.414 e. The molecule has 1 aromatic carbocycles. The third-order valence-electron chi connectivity index (χ3n) is 6.34. The standard InChI is InChI=1S/C25H24N4O7/c1-13-8-20(27-35-13)23(31)19-5-3-4-15-10-16(6-7-18(15)22(19)30)29-12-17(34-25(29)33)11-26-24(32)21-9-14(2)36-28-21/h6-10,17,19H,3-5,11-12H2,1-2H3,(H,26,32)/t17-,19+/m0/s1. The molecule has 2 atom stereocenters. The van der Waals surface area contributed by atoms with Crippen LogP contribution in [0.1, 0.15) is 61.3 Å². The summed E-state index contributed by atoms with van der Waals surface area (Å²) in [5.74, 6) is -0.818. The van der Waals surface area contributed by atoms with Crippen LogP contribution in [0.25, 0.3) is 0 Å². The molecule has 11 heteroatoms. The second kappa shape index (κ2) is 9.40. The minimum Gasteiger partial charge on any atom is -0.442 e. The van der Waals surface area contributed by atoms with Crippen molar-refractivity contribution in [2.45, 2.75) is 39.2 Å². The summed E-state index contributed by atoms with van der Waals surface area (Å²) in [6, 6.07) is 8.17. The summed E-state index contributed by atoms with van der Waals surface area (Å²) in [7, 11) is 0. The first-order valence-electron chi connectivity index (χ1n) is 11.6. The highest BCUT2D eigenvalue weighted by Gasteiger charge is 2.36. The Labute approximate surface area is 205 Å². The van der Waals surface area contributed by atoms with Crippen molar-refractivity contribution in [3.8, 4) is 0 Å². The fraction of sp³-hybridized carbons (Fsp3) is 0.360. The lowest BCUT2D eigenvalue weighted by atomic mass is 9.90. The van der Waals surface area contributed by atoms with Gasteiger partial charge in [-0.3, -0.25) is 19.3 Å². The van der Waals surface area contributed by atoms with E-state index in [0.717, 1.165) is 5.56 Å². The van der Waals surface area contributed by atoms with E-state index in [1.54, 1.807) is 32.0 Å². The maximum atomic E-state index is 13.2. The summed E-state index contributed by atoms with van der Waals surface area (Å²) in [4.78, 5) is 52.3. The number of cyclic esters (lactones) is 1. The number of rotatable bonds is 6. The molecule has 0 saturated carbocycles. The fourth-order valence-corrected chi connectivity index (χ4v) is 4.53. The molecule has 11 nitrogen and oxygen atoms in total. The second-order valence-corrected chi connectivity index (χ2v) is 8.99. The molecule has 3 aromatic rings. The zero-order chi connectivity index (χ0) is 25.4. The highest BCUT2D eigenvalue weighted by atomic mass is 16.6. The van der Waals surface area contributed by atoms with Crippen LogP contribution in [0.4, 0.5) is 10.5 Å². The number of fused-ring (bicyclic) bond motifs is 1. The van der Waals surface area contributed by atoms with E-state index in [4.69, 9.17) is 13.8 Å². The molecule has 1 saturated heterocycles. The second-order valence-electron chi connectivity index (χ2n) is 8.99. The third kappa shape index (κ3) is 4.51. The first-order chi connectivity index (χ1) is 17.3. The lowest BCUT2D eigenvalue weighted by Gasteiger charge is -2.16. The van der Waals surface area contributed by atoms with Crippen molar-refractivity contribution in [2.24, 2.45) is 5.92 Å². The van der Waals surface area contributed by atoms with Gasteiger partial charge in [-0.25, -0.2) is 4.79 Å². The number of carbonyl (C=O) groups excluding carboxylic acids is 4. The molecule has 1 aliphatic heterocycles. The summed E-state index contributed by atoms with van der Waals surface area (Å²) in [5.41, 5.74) is 2.13. The van der Waals surface area contributed by atoms with Crippen molar-refractivity contribution < 1.29 is 33.0 Å². The highest BCUT2D eigenvalue weighted by molar-refractivity contribution is 6.16. The van der Waals surface area contributed by atoms with E-state index < -0.39 is 24.0 Å². The lowest BCUT2D eigenvalue weighted by Crippen LogP contribution is -2.34. The van der Waals surface area contributed by atoms with E-state index in [9.17, 15) is 19.2 Å². The van der Waals surface area contributed by atoms with Gasteiger partial charge in [0, 0.05) is 23.4 Å². The SMILES string of the molecule is Cc1cc(C(=O)NC[C@H]2CN(c3ccc4c(c3)CCC[C@@H](C(=O)c3cc(C)on3)C4=O)C(=O)O2)no1. The molecule has 36 heavy (non-hydrogen) atoms. The molecule has 0 spiro atoms. The van der Waals surface area contributed by atoms with Gasteiger partial charge in [0.25, 0.3) is 5.91 Å². The largest absolute Gasteiger partial charge is 0.442 e. The zero-order valence-electron chi connectivity index (χ0n) is 19.8. The van der Waals surface area contributed by atoms with Crippen molar-refractivity contribution >= 4 is 29.3 Å². The van der Waals surface area contributed by atoms with Gasteiger partial charge >= 0.3 is 6.09 Å². The van der Waals surface area contributed by atoms with Gasteiger partial charge in [-0.15, -0.1) is 0 Å². The summed E-state index contributed by atoms with van der Waals surface area (Å²) >= 11 is 0. The fourth-order valence-electron chi connectivity index (χ4n) is 4.53. The van der Waals surface area contributed by atoms with Crippen LogP contribution in [0.2, 0.25) is 0 Å². The summed E-state index contributed by atoms with van der Waals surface area (Å²) < 4.78 is 15.3. The number of ether oxygens (including phenoxy) is 1. The number of Topliss-reactive ketones (excluding diaryl/α,β-unsaturated/α-hetero) is 2. The Kier molecular flexibility index (Phi) is 6.13.